The monoisotopic (exact) mass is 302 g/mol. The SMILES string of the molecule is N#CCC1C=CC=CC1=NOS(=O)(=O)Cc1ccccc1. The molecule has 0 N–H and O–H groups in total. The standard InChI is InChI=1S/C15H14N2O3S/c16-11-10-14-8-4-5-9-15(14)17-20-21(18,19)12-13-6-2-1-3-7-13/h1-9,14H,10,12H2. The summed E-state index contributed by atoms with van der Waals surface area (Å²) in [5.74, 6) is -0.487. The Morgan fingerprint density at radius 3 is 2.71 bits per heavy atom. The lowest BCUT2D eigenvalue weighted by Gasteiger charge is -2.11. The topological polar surface area (TPSA) is 79.5 Å². The maximum atomic E-state index is 11.9. The number of oxime groups is 1. The lowest BCUT2D eigenvalue weighted by molar-refractivity contribution is 0.336. The molecule has 0 aliphatic heterocycles. The van der Waals surface area contributed by atoms with Gasteiger partial charge in [-0.05, 0) is 11.6 Å². The summed E-state index contributed by atoms with van der Waals surface area (Å²) in [4.78, 5) is 0. The molecule has 1 aliphatic rings. The molecule has 0 fully saturated rings. The highest BCUT2D eigenvalue weighted by atomic mass is 32.2. The van der Waals surface area contributed by atoms with Crippen LogP contribution < -0.4 is 0 Å². The first-order valence-electron chi connectivity index (χ1n) is 6.36. The Morgan fingerprint density at radius 1 is 1.24 bits per heavy atom. The van der Waals surface area contributed by atoms with E-state index in [9.17, 15) is 8.42 Å². The van der Waals surface area contributed by atoms with E-state index < -0.39 is 10.1 Å². The van der Waals surface area contributed by atoms with Crippen LogP contribution in [0.4, 0.5) is 0 Å². The second-order valence-electron chi connectivity index (χ2n) is 4.49. The zero-order valence-electron chi connectivity index (χ0n) is 11.2. The largest absolute Gasteiger partial charge is 0.332 e. The van der Waals surface area contributed by atoms with Gasteiger partial charge in [0, 0.05) is 12.3 Å². The number of nitrogens with zero attached hydrogens (tertiary/aromatic N) is 2. The van der Waals surface area contributed by atoms with Crippen molar-refractivity contribution in [2.75, 3.05) is 0 Å². The van der Waals surface area contributed by atoms with Crippen LogP contribution in [0.25, 0.3) is 0 Å². The van der Waals surface area contributed by atoms with Gasteiger partial charge in [-0.2, -0.15) is 13.7 Å². The van der Waals surface area contributed by atoms with Crippen LogP contribution in [0.3, 0.4) is 0 Å². The minimum absolute atomic E-state index is 0.224. The summed E-state index contributed by atoms with van der Waals surface area (Å²) in [7, 11) is -3.80. The molecule has 0 radical (unpaired) electrons. The van der Waals surface area contributed by atoms with Crippen LogP contribution in [-0.2, 0) is 20.2 Å². The molecule has 2 rings (SSSR count). The Bertz CT molecular complexity index is 713. The highest BCUT2D eigenvalue weighted by molar-refractivity contribution is 7.85. The minimum atomic E-state index is -3.80. The number of benzene rings is 1. The molecule has 0 aromatic heterocycles. The van der Waals surface area contributed by atoms with Crippen molar-refractivity contribution in [1.82, 2.24) is 0 Å². The highest BCUT2D eigenvalue weighted by Gasteiger charge is 2.17. The van der Waals surface area contributed by atoms with Crippen LogP contribution in [0.15, 0.2) is 59.8 Å². The summed E-state index contributed by atoms with van der Waals surface area (Å²) in [6, 6.07) is 10.8. The predicted molar refractivity (Wildman–Crippen MR) is 79.6 cm³/mol. The third kappa shape index (κ3) is 4.58. The first kappa shape index (κ1) is 15.0. The van der Waals surface area contributed by atoms with Crippen LogP contribution in [0.1, 0.15) is 12.0 Å². The quantitative estimate of drug-likeness (QED) is 0.783. The molecule has 0 amide bonds. The van der Waals surface area contributed by atoms with Crippen LogP contribution in [0, 0.1) is 17.2 Å². The number of hydrogen-bond acceptors (Lipinski definition) is 5. The average Bonchev–Trinajstić information content (AvgIpc) is 2.47. The summed E-state index contributed by atoms with van der Waals surface area (Å²) >= 11 is 0. The van der Waals surface area contributed by atoms with E-state index in [1.807, 2.05) is 12.1 Å². The molecular weight excluding hydrogens is 288 g/mol. The van der Waals surface area contributed by atoms with Gasteiger partial charge >= 0.3 is 10.1 Å². The summed E-state index contributed by atoms with van der Waals surface area (Å²) in [6.45, 7) is 0. The normalized spacial score (nSPS) is 19.4. The fourth-order valence-electron chi connectivity index (χ4n) is 1.85. The van der Waals surface area contributed by atoms with Gasteiger partial charge in [-0.1, -0.05) is 53.7 Å². The smallest absolute Gasteiger partial charge is 0.268 e. The lowest BCUT2D eigenvalue weighted by atomic mass is 9.96. The number of rotatable bonds is 5. The van der Waals surface area contributed by atoms with Gasteiger partial charge in [0.2, 0.25) is 0 Å². The van der Waals surface area contributed by atoms with Gasteiger partial charge in [0.1, 0.15) is 5.75 Å². The van der Waals surface area contributed by atoms with Gasteiger partial charge in [-0.3, -0.25) is 4.28 Å². The Labute approximate surface area is 124 Å². The van der Waals surface area contributed by atoms with E-state index >= 15 is 0 Å². The van der Waals surface area contributed by atoms with Crippen molar-refractivity contribution in [2.24, 2.45) is 11.1 Å². The zero-order valence-corrected chi connectivity index (χ0v) is 12.0. The molecule has 1 aromatic rings. The highest BCUT2D eigenvalue weighted by Crippen LogP contribution is 2.15. The van der Waals surface area contributed by atoms with E-state index in [-0.39, 0.29) is 18.1 Å². The molecule has 1 atom stereocenters. The van der Waals surface area contributed by atoms with Gasteiger partial charge in [0.25, 0.3) is 0 Å². The number of hydrogen-bond donors (Lipinski definition) is 0. The summed E-state index contributed by atoms with van der Waals surface area (Å²) in [6.07, 6.45) is 7.16. The van der Waals surface area contributed by atoms with E-state index in [1.54, 1.807) is 48.6 Å². The molecule has 1 aromatic carbocycles. The first-order valence-corrected chi connectivity index (χ1v) is 7.93. The third-order valence-corrected chi connectivity index (χ3v) is 3.84. The molecule has 0 saturated carbocycles. The maximum Gasteiger partial charge on any atom is 0.332 e. The zero-order chi connectivity index (χ0) is 15.1. The molecule has 108 valence electrons. The van der Waals surface area contributed by atoms with Gasteiger partial charge in [0.05, 0.1) is 11.8 Å². The minimum Gasteiger partial charge on any atom is -0.268 e. The number of nitriles is 1. The molecule has 21 heavy (non-hydrogen) atoms. The van der Waals surface area contributed by atoms with Crippen LogP contribution >= 0.6 is 0 Å². The molecule has 5 nitrogen and oxygen atoms in total. The number of allylic oxidation sites excluding steroid dienone is 4. The summed E-state index contributed by atoms with van der Waals surface area (Å²) in [5, 5.41) is 12.4. The fourth-order valence-corrected chi connectivity index (χ4v) is 2.70. The average molecular weight is 302 g/mol. The second kappa shape index (κ2) is 6.86. The van der Waals surface area contributed by atoms with Gasteiger partial charge < -0.3 is 0 Å². The van der Waals surface area contributed by atoms with Crippen molar-refractivity contribution in [2.45, 2.75) is 12.2 Å². The lowest BCUT2D eigenvalue weighted by Crippen LogP contribution is -2.14. The van der Waals surface area contributed by atoms with E-state index in [1.165, 1.54) is 0 Å². The molecule has 0 heterocycles. The maximum absolute atomic E-state index is 11.9. The van der Waals surface area contributed by atoms with E-state index in [0.29, 0.717) is 11.3 Å². The molecule has 6 heteroatoms. The molecular formula is C15H14N2O3S. The fraction of sp³-hybridized carbons (Fsp3) is 0.200. The first-order chi connectivity index (χ1) is 10.1. The molecule has 1 unspecified atom stereocenters. The Hall–Kier alpha value is -2.39. The second-order valence-corrected chi connectivity index (χ2v) is 6.04. The predicted octanol–water partition coefficient (Wildman–Crippen LogP) is 2.54. The van der Waals surface area contributed by atoms with Gasteiger partial charge in [-0.15, -0.1) is 0 Å². The van der Waals surface area contributed by atoms with Gasteiger partial charge in [0.15, 0.2) is 0 Å². The van der Waals surface area contributed by atoms with E-state index in [2.05, 4.69) is 5.16 Å². The molecule has 0 saturated heterocycles. The molecule has 0 spiro atoms. The molecule has 0 bridgehead atoms. The molecule has 1 aliphatic carbocycles. The third-order valence-electron chi connectivity index (χ3n) is 2.86. The van der Waals surface area contributed by atoms with Crippen molar-refractivity contribution < 1.29 is 12.7 Å². The Kier molecular flexibility index (Phi) is 4.90. The van der Waals surface area contributed by atoms with Crippen LogP contribution in [0.5, 0.6) is 0 Å². The van der Waals surface area contributed by atoms with Crippen molar-refractivity contribution in [1.29, 1.82) is 5.26 Å². The van der Waals surface area contributed by atoms with Crippen molar-refractivity contribution in [3.63, 3.8) is 0 Å². The Morgan fingerprint density at radius 2 is 2.00 bits per heavy atom. The summed E-state index contributed by atoms with van der Waals surface area (Å²) in [5.41, 5.74) is 1.06. The van der Waals surface area contributed by atoms with Crippen molar-refractivity contribution in [3.05, 3.63) is 60.2 Å². The Balaban J connectivity index is 2.07. The van der Waals surface area contributed by atoms with Gasteiger partial charge in [-0.25, -0.2) is 0 Å². The van der Waals surface area contributed by atoms with Crippen LogP contribution in [0.2, 0.25) is 0 Å². The summed E-state index contributed by atoms with van der Waals surface area (Å²) < 4.78 is 28.5. The van der Waals surface area contributed by atoms with Crippen molar-refractivity contribution in [3.8, 4) is 6.07 Å². The van der Waals surface area contributed by atoms with E-state index in [4.69, 9.17) is 9.55 Å². The van der Waals surface area contributed by atoms with Crippen LogP contribution in [-0.4, -0.2) is 14.1 Å². The van der Waals surface area contributed by atoms with Crippen molar-refractivity contribution >= 4 is 15.8 Å². The van der Waals surface area contributed by atoms with E-state index in [0.717, 1.165) is 0 Å².